The lowest BCUT2D eigenvalue weighted by Gasteiger charge is -2.14. The monoisotopic (exact) mass is 268 g/mol. The molecule has 2 N–H and O–H groups in total. The molecule has 5 heteroatoms. The van der Waals surface area contributed by atoms with Crippen molar-refractivity contribution in [3.8, 4) is 0 Å². The van der Waals surface area contributed by atoms with Gasteiger partial charge in [-0.3, -0.25) is 0 Å². The normalized spacial score (nSPS) is 17.7. The largest absolute Gasteiger partial charge is 0.316 e. The number of sulfonamides is 1. The van der Waals surface area contributed by atoms with Crippen molar-refractivity contribution in [3.63, 3.8) is 0 Å². The first-order valence-corrected chi connectivity index (χ1v) is 7.63. The van der Waals surface area contributed by atoms with Gasteiger partial charge in [0.15, 0.2) is 0 Å². The minimum absolute atomic E-state index is 0.229. The highest BCUT2D eigenvalue weighted by Crippen LogP contribution is 2.36. The van der Waals surface area contributed by atoms with Gasteiger partial charge in [-0.1, -0.05) is 6.07 Å². The first-order chi connectivity index (χ1) is 8.36. The molecule has 0 unspecified atom stereocenters. The van der Waals surface area contributed by atoms with Gasteiger partial charge in [-0.15, -0.1) is 0 Å². The van der Waals surface area contributed by atoms with E-state index in [9.17, 15) is 8.42 Å². The van der Waals surface area contributed by atoms with Gasteiger partial charge in [0.1, 0.15) is 0 Å². The second kappa shape index (κ2) is 4.64. The summed E-state index contributed by atoms with van der Waals surface area (Å²) in [5.74, 6) is 0. The molecule has 0 aliphatic heterocycles. The lowest BCUT2D eigenvalue weighted by Crippen LogP contribution is -2.34. The van der Waals surface area contributed by atoms with E-state index < -0.39 is 10.0 Å². The Bertz CT molecular complexity index is 548. The third kappa shape index (κ3) is 2.91. The number of benzene rings is 1. The zero-order chi connectivity index (χ0) is 13.4. The van der Waals surface area contributed by atoms with Crippen LogP contribution in [0.25, 0.3) is 0 Å². The molecule has 100 valence electrons. The fraction of sp³-hybridized carbons (Fsp3) is 0.538. The molecule has 0 aromatic heterocycles. The van der Waals surface area contributed by atoms with Gasteiger partial charge >= 0.3 is 0 Å². The summed E-state index contributed by atoms with van der Waals surface area (Å²) in [5.41, 5.74) is 1.88. The fourth-order valence-electron chi connectivity index (χ4n) is 1.87. The van der Waals surface area contributed by atoms with Crippen molar-refractivity contribution < 1.29 is 8.42 Å². The summed E-state index contributed by atoms with van der Waals surface area (Å²) in [7, 11) is -1.54. The van der Waals surface area contributed by atoms with Crippen LogP contribution in [0.1, 0.15) is 30.9 Å². The van der Waals surface area contributed by atoms with Crippen molar-refractivity contribution in [2.75, 3.05) is 7.05 Å². The highest BCUT2D eigenvalue weighted by molar-refractivity contribution is 7.89. The number of nitrogens with one attached hydrogen (secondary N) is 2. The summed E-state index contributed by atoms with van der Waals surface area (Å²) in [4.78, 5) is 0.353. The summed E-state index contributed by atoms with van der Waals surface area (Å²) in [5, 5.41) is 3.05. The van der Waals surface area contributed by atoms with Crippen LogP contribution >= 0.6 is 0 Å². The molecule has 4 nitrogen and oxygen atoms in total. The molecule has 0 amide bonds. The Morgan fingerprint density at radius 2 is 2.00 bits per heavy atom. The Morgan fingerprint density at radius 1 is 1.33 bits per heavy atom. The minimum Gasteiger partial charge on any atom is -0.316 e. The van der Waals surface area contributed by atoms with Crippen molar-refractivity contribution in [1.29, 1.82) is 0 Å². The standard InChI is InChI=1S/C13H20N2O2S/c1-10-4-5-12(8-11(10)9-14-3)18(16,17)15-13(2)6-7-13/h4-5,8,14-15H,6-7,9H2,1-3H3. The van der Waals surface area contributed by atoms with Crippen LogP contribution in [0.2, 0.25) is 0 Å². The highest BCUT2D eigenvalue weighted by Gasteiger charge is 2.41. The van der Waals surface area contributed by atoms with Gasteiger partial charge in [0.05, 0.1) is 4.90 Å². The third-order valence-electron chi connectivity index (χ3n) is 3.38. The van der Waals surface area contributed by atoms with Gasteiger partial charge in [0.25, 0.3) is 0 Å². The van der Waals surface area contributed by atoms with E-state index in [-0.39, 0.29) is 5.54 Å². The maximum atomic E-state index is 12.2. The van der Waals surface area contributed by atoms with Gasteiger partial charge < -0.3 is 5.32 Å². The Kier molecular flexibility index (Phi) is 3.49. The lowest BCUT2D eigenvalue weighted by molar-refractivity contribution is 0.558. The summed E-state index contributed by atoms with van der Waals surface area (Å²) < 4.78 is 27.2. The summed E-state index contributed by atoms with van der Waals surface area (Å²) in [6.45, 7) is 4.60. The van der Waals surface area contributed by atoms with E-state index in [0.717, 1.165) is 24.0 Å². The van der Waals surface area contributed by atoms with E-state index in [1.807, 2.05) is 27.0 Å². The smallest absolute Gasteiger partial charge is 0.241 e. The molecule has 1 aromatic rings. The molecule has 1 fully saturated rings. The Balaban J connectivity index is 2.29. The van der Waals surface area contributed by atoms with Gasteiger partial charge in [-0.25, -0.2) is 13.1 Å². The number of hydrogen-bond acceptors (Lipinski definition) is 3. The molecule has 1 saturated carbocycles. The molecular weight excluding hydrogens is 248 g/mol. The maximum Gasteiger partial charge on any atom is 0.241 e. The van der Waals surface area contributed by atoms with Crippen LogP contribution in [0.4, 0.5) is 0 Å². The predicted octanol–water partition coefficient (Wildman–Crippen LogP) is 1.55. The fourth-order valence-corrected chi connectivity index (χ4v) is 3.38. The average Bonchev–Trinajstić information content (AvgIpc) is 2.98. The van der Waals surface area contributed by atoms with E-state index in [1.165, 1.54) is 0 Å². The molecular formula is C13H20N2O2S. The second-order valence-electron chi connectivity index (χ2n) is 5.28. The second-order valence-corrected chi connectivity index (χ2v) is 6.97. The molecule has 2 rings (SSSR count). The summed E-state index contributed by atoms with van der Waals surface area (Å²) in [6, 6.07) is 5.28. The van der Waals surface area contributed by atoms with E-state index >= 15 is 0 Å². The predicted molar refractivity (Wildman–Crippen MR) is 71.9 cm³/mol. The first-order valence-electron chi connectivity index (χ1n) is 6.14. The third-order valence-corrected chi connectivity index (χ3v) is 5.01. The van der Waals surface area contributed by atoms with Crippen LogP contribution in [0.3, 0.4) is 0 Å². The highest BCUT2D eigenvalue weighted by atomic mass is 32.2. The summed E-state index contributed by atoms with van der Waals surface area (Å²) in [6.07, 6.45) is 1.84. The lowest BCUT2D eigenvalue weighted by atomic mass is 10.1. The van der Waals surface area contributed by atoms with Crippen molar-refractivity contribution in [3.05, 3.63) is 29.3 Å². The van der Waals surface area contributed by atoms with Gasteiger partial charge in [0.2, 0.25) is 10.0 Å². The quantitative estimate of drug-likeness (QED) is 0.852. The minimum atomic E-state index is -3.39. The van der Waals surface area contributed by atoms with Crippen LogP contribution in [-0.4, -0.2) is 21.0 Å². The number of hydrogen-bond donors (Lipinski definition) is 2. The van der Waals surface area contributed by atoms with E-state index in [4.69, 9.17) is 0 Å². The van der Waals surface area contributed by atoms with Crippen LogP contribution in [0.15, 0.2) is 23.1 Å². The Morgan fingerprint density at radius 3 is 2.56 bits per heavy atom. The van der Waals surface area contributed by atoms with E-state index in [0.29, 0.717) is 11.4 Å². The van der Waals surface area contributed by atoms with E-state index in [2.05, 4.69) is 10.0 Å². The van der Waals surface area contributed by atoms with Crippen LogP contribution in [-0.2, 0) is 16.6 Å². The average molecular weight is 268 g/mol. The maximum absolute atomic E-state index is 12.2. The molecule has 18 heavy (non-hydrogen) atoms. The van der Waals surface area contributed by atoms with Gasteiger partial charge in [-0.05, 0) is 57.0 Å². The number of rotatable bonds is 5. The molecule has 0 spiro atoms. The molecule has 1 aliphatic carbocycles. The molecule has 0 bridgehead atoms. The van der Waals surface area contributed by atoms with E-state index in [1.54, 1.807) is 12.1 Å². The van der Waals surface area contributed by atoms with Crippen molar-refractivity contribution >= 4 is 10.0 Å². The summed E-state index contributed by atoms with van der Waals surface area (Å²) >= 11 is 0. The van der Waals surface area contributed by atoms with Gasteiger partial charge in [0, 0.05) is 12.1 Å². The first kappa shape index (κ1) is 13.5. The SMILES string of the molecule is CNCc1cc(S(=O)(=O)NC2(C)CC2)ccc1C. The van der Waals surface area contributed by atoms with Crippen molar-refractivity contribution in [2.45, 2.75) is 43.7 Å². The molecule has 1 aromatic carbocycles. The van der Waals surface area contributed by atoms with Crippen LogP contribution < -0.4 is 10.0 Å². The van der Waals surface area contributed by atoms with Crippen molar-refractivity contribution in [2.24, 2.45) is 0 Å². The van der Waals surface area contributed by atoms with Crippen LogP contribution in [0.5, 0.6) is 0 Å². The topological polar surface area (TPSA) is 58.2 Å². The molecule has 0 saturated heterocycles. The zero-order valence-electron chi connectivity index (χ0n) is 11.1. The Labute approximate surface area is 109 Å². The Hall–Kier alpha value is -0.910. The molecule has 0 radical (unpaired) electrons. The zero-order valence-corrected chi connectivity index (χ0v) is 11.9. The van der Waals surface area contributed by atoms with Crippen molar-refractivity contribution in [1.82, 2.24) is 10.0 Å². The number of aryl methyl sites for hydroxylation is 1. The van der Waals surface area contributed by atoms with Gasteiger partial charge in [-0.2, -0.15) is 0 Å². The van der Waals surface area contributed by atoms with Crippen LogP contribution in [0, 0.1) is 6.92 Å². The molecule has 0 heterocycles. The molecule has 0 atom stereocenters. The molecule has 1 aliphatic rings.